The number of carboxylic acid groups (broad SMARTS) is 1. The fraction of sp³-hybridized carbons (Fsp3) is 0.565. The zero-order valence-corrected chi connectivity index (χ0v) is 18.3. The van der Waals surface area contributed by atoms with E-state index in [9.17, 15) is 9.90 Å². The van der Waals surface area contributed by atoms with Crippen molar-refractivity contribution in [3.63, 3.8) is 0 Å². The van der Waals surface area contributed by atoms with Crippen LogP contribution in [0.4, 0.5) is 0 Å². The van der Waals surface area contributed by atoms with Crippen LogP contribution in [0.15, 0.2) is 28.7 Å². The SMILES string of the molecule is Cc1nc(C2CCC(N3C[C@H](C(=O)O)OC[C@@H]3Cc3ccc(Cl)cc3)CC2)oc1C. The summed E-state index contributed by atoms with van der Waals surface area (Å²) in [5, 5.41) is 10.2. The highest BCUT2D eigenvalue weighted by atomic mass is 35.5. The highest BCUT2D eigenvalue weighted by molar-refractivity contribution is 6.30. The Hall–Kier alpha value is -1.89. The summed E-state index contributed by atoms with van der Waals surface area (Å²) in [6.45, 7) is 4.80. The normalized spacial score (nSPS) is 27.8. The number of hydrogen-bond acceptors (Lipinski definition) is 5. The largest absolute Gasteiger partial charge is 0.479 e. The molecule has 2 fully saturated rings. The molecular weight excluding hydrogens is 404 g/mol. The second-order valence-corrected chi connectivity index (χ2v) is 8.98. The molecule has 0 bridgehead atoms. The standard InChI is InChI=1S/C23H29ClN2O4/c1-14-15(2)30-22(25-14)17-5-9-19(10-6-17)26-12-21(23(27)28)29-13-20(26)11-16-3-7-18(24)8-4-16/h3-4,7-8,17,19-21H,5-6,9-13H2,1-2H3,(H,27,28)/t17?,19?,20-,21+/m0/s1. The van der Waals surface area contributed by atoms with Crippen LogP contribution >= 0.6 is 11.6 Å². The highest BCUT2D eigenvalue weighted by Crippen LogP contribution is 2.36. The van der Waals surface area contributed by atoms with Crippen molar-refractivity contribution in [1.82, 2.24) is 9.88 Å². The van der Waals surface area contributed by atoms with Crippen molar-refractivity contribution in [1.29, 1.82) is 0 Å². The Morgan fingerprint density at radius 1 is 1.20 bits per heavy atom. The molecule has 7 heteroatoms. The van der Waals surface area contributed by atoms with E-state index in [1.54, 1.807) is 0 Å². The number of aryl methyl sites for hydroxylation is 2. The monoisotopic (exact) mass is 432 g/mol. The molecule has 2 atom stereocenters. The minimum absolute atomic E-state index is 0.162. The summed E-state index contributed by atoms with van der Waals surface area (Å²) in [5.41, 5.74) is 2.15. The zero-order chi connectivity index (χ0) is 21.3. The van der Waals surface area contributed by atoms with Crippen LogP contribution in [-0.2, 0) is 16.0 Å². The van der Waals surface area contributed by atoms with Crippen molar-refractivity contribution in [2.45, 2.75) is 70.1 Å². The predicted octanol–water partition coefficient (Wildman–Crippen LogP) is 4.37. The molecule has 0 unspecified atom stereocenters. The fourth-order valence-electron chi connectivity index (χ4n) is 4.71. The van der Waals surface area contributed by atoms with E-state index in [1.807, 2.05) is 38.1 Å². The molecule has 30 heavy (non-hydrogen) atoms. The van der Waals surface area contributed by atoms with Gasteiger partial charge < -0.3 is 14.3 Å². The quantitative estimate of drug-likeness (QED) is 0.756. The van der Waals surface area contributed by atoms with Gasteiger partial charge in [0, 0.05) is 29.6 Å². The number of halogens is 1. The molecule has 1 aromatic heterocycles. The summed E-state index contributed by atoms with van der Waals surface area (Å²) in [7, 11) is 0. The first-order valence-electron chi connectivity index (χ1n) is 10.7. The van der Waals surface area contributed by atoms with E-state index < -0.39 is 12.1 Å². The van der Waals surface area contributed by atoms with Crippen molar-refractivity contribution < 1.29 is 19.1 Å². The number of oxazole rings is 1. The molecule has 1 saturated heterocycles. The number of hydrogen-bond donors (Lipinski definition) is 1. The Balaban J connectivity index is 1.45. The van der Waals surface area contributed by atoms with Gasteiger partial charge in [-0.1, -0.05) is 23.7 Å². The van der Waals surface area contributed by atoms with Crippen molar-refractivity contribution in [3.05, 3.63) is 52.2 Å². The number of benzene rings is 1. The predicted molar refractivity (Wildman–Crippen MR) is 114 cm³/mol. The molecule has 6 nitrogen and oxygen atoms in total. The first-order chi connectivity index (χ1) is 14.4. The molecule has 162 valence electrons. The third-order valence-corrected chi connectivity index (χ3v) is 6.81. The summed E-state index contributed by atoms with van der Waals surface area (Å²) >= 11 is 6.02. The van der Waals surface area contributed by atoms with Gasteiger partial charge in [-0.05, 0) is 63.6 Å². The van der Waals surface area contributed by atoms with Gasteiger partial charge in [-0.25, -0.2) is 9.78 Å². The summed E-state index contributed by atoms with van der Waals surface area (Å²) in [6.07, 6.45) is 4.09. The van der Waals surface area contributed by atoms with Crippen LogP contribution in [0.1, 0.15) is 54.5 Å². The molecule has 1 aliphatic carbocycles. The number of ether oxygens (including phenoxy) is 1. The molecule has 2 heterocycles. The van der Waals surface area contributed by atoms with Crippen LogP contribution in [0, 0.1) is 13.8 Å². The van der Waals surface area contributed by atoms with Gasteiger partial charge in [-0.15, -0.1) is 0 Å². The van der Waals surface area contributed by atoms with Gasteiger partial charge in [-0.2, -0.15) is 0 Å². The van der Waals surface area contributed by atoms with Gasteiger partial charge in [0.1, 0.15) is 5.76 Å². The molecule has 1 N–H and O–H groups in total. The van der Waals surface area contributed by atoms with Gasteiger partial charge in [0.25, 0.3) is 0 Å². The van der Waals surface area contributed by atoms with E-state index >= 15 is 0 Å². The first kappa shape index (κ1) is 21.3. The summed E-state index contributed by atoms with van der Waals surface area (Å²) < 4.78 is 11.5. The Morgan fingerprint density at radius 3 is 2.50 bits per heavy atom. The Bertz CT molecular complexity index is 854. The average molecular weight is 433 g/mol. The van der Waals surface area contributed by atoms with Crippen molar-refractivity contribution in [3.8, 4) is 0 Å². The maximum absolute atomic E-state index is 11.6. The molecule has 4 rings (SSSR count). The smallest absolute Gasteiger partial charge is 0.334 e. The molecule has 0 amide bonds. The number of rotatable bonds is 5. The van der Waals surface area contributed by atoms with Crippen molar-refractivity contribution in [2.24, 2.45) is 0 Å². The van der Waals surface area contributed by atoms with E-state index in [4.69, 9.17) is 20.8 Å². The summed E-state index contributed by atoms with van der Waals surface area (Å²) in [5.74, 6) is 1.21. The minimum Gasteiger partial charge on any atom is -0.479 e. The second kappa shape index (κ2) is 9.08. The Kier molecular flexibility index (Phi) is 6.46. The lowest BCUT2D eigenvalue weighted by atomic mass is 9.84. The zero-order valence-electron chi connectivity index (χ0n) is 17.5. The van der Waals surface area contributed by atoms with E-state index in [1.165, 1.54) is 5.56 Å². The molecule has 0 radical (unpaired) electrons. The van der Waals surface area contributed by atoms with Crippen LogP contribution in [0.5, 0.6) is 0 Å². The average Bonchev–Trinajstić information content (AvgIpc) is 3.08. The van der Waals surface area contributed by atoms with E-state index in [0.717, 1.165) is 54.5 Å². The Morgan fingerprint density at radius 2 is 1.90 bits per heavy atom. The summed E-state index contributed by atoms with van der Waals surface area (Å²) in [6, 6.07) is 8.38. The van der Waals surface area contributed by atoms with E-state index in [0.29, 0.717) is 25.1 Å². The summed E-state index contributed by atoms with van der Waals surface area (Å²) in [4.78, 5) is 18.5. The number of morpholine rings is 1. The number of aliphatic carboxylic acids is 1. The van der Waals surface area contributed by atoms with Crippen LogP contribution in [0.25, 0.3) is 0 Å². The van der Waals surface area contributed by atoms with Gasteiger partial charge in [0.2, 0.25) is 0 Å². The first-order valence-corrected chi connectivity index (χ1v) is 11.1. The lowest BCUT2D eigenvalue weighted by Gasteiger charge is -2.45. The van der Waals surface area contributed by atoms with Crippen LogP contribution in [-0.4, -0.2) is 52.3 Å². The van der Waals surface area contributed by atoms with Crippen LogP contribution in [0.3, 0.4) is 0 Å². The topological polar surface area (TPSA) is 75.8 Å². The second-order valence-electron chi connectivity index (χ2n) is 8.54. The molecule has 1 aromatic carbocycles. The maximum atomic E-state index is 11.6. The number of carboxylic acids is 1. The lowest BCUT2D eigenvalue weighted by molar-refractivity contribution is -0.162. The third-order valence-electron chi connectivity index (χ3n) is 6.56. The number of carbonyl (C=O) groups is 1. The Labute approximate surface area is 182 Å². The molecule has 1 aliphatic heterocycles. The fourth-order valence-corrected chi connectivity index (χ4v) is 4.83. The van der Waals surface area contributed by atoms with Crippen molar-refractivity contribution >= 4 is 17.6 Å². The number of nitrogens with zero attached hydrogens (tertiary/aromatic N) is 2. The van der Waals surface area contributed by atoms with E-state index in [-0.39, 0.29) is 6.04 Å². The molecule has 2 aliphatic rings. The van der Waals surface area contributed by atoms with Gasteiger partial charge >= 0.3 is 5.97 Å². The van der Waals surface area contributed by atoms with Gasteiger partial charge in [-0.3, -0.25) is 4.90 Å². The molecule has 1 saturated carbocycles. The lowest BCUT2D eigenvalue weighted by Crippen LogP contribution is -2.57. The van der Waals surface area contributed by atoms with E-state index in [2.05, 4.69) is 9.88 Å². The molecule has 0 spiro atoms. The number of aromatic nitrogens is 1. The van der Waals surface area contributed by atoms with Crippen LogP contribution in [0.2, 0.25) is 5.02 Å². The minimum atomic E-state index is -0.885. The van der Waals surface area contributed by atoms with Gasteiger partial charge in [0.05, 0.1) is 12.3 Å². The van der Waals surface area contributed by atoms with Gasteiger partial charge in [0.15, 0.2) is 12.0 Å². The van der Waals surface area contributed by atoms with Crippen LogP contribution < -0.4 is 0 Å². The van der Waals surface area contributed by atoms with Crippen molar-refractivity contribution in [2.75, 3.05) is 13.2 Å². The maximum Gasteiger partial charge on any atom is 0.334 e. The third kappa shape index (κ3) is 4.71. The molecule has 2 aromatic rings. The molecular formula is C23H29ClN2O4. The highest BCUT2D eigenvalue weighted by Gasteiger charge is 2.38.